The summed E-state index contributed by atoms with van der Waals surface area (Å²) in [6, 6.07) is 2.12. The molecule has 0 saturated heterocycles. The summed E-state index contributed by atoms with van der Waals surface area (Å²) >= 11 is 3.13. The molecule has 1 aliphatic rings. The normalized spacial score (nSPS) is 19.4. The fourth-order valence-corrected chi connectivity index (χ4v) is 3.87. The Morgan fingerprint density at radius 3 is 3.21 bits per heavy atom. The maximum absolute atomic E-state index is 12.0. The minimum atomic E-state index is -0.121. The van der Waals surface area contributed by atoms with Gasteiger partial charge in [0.05, 0.1) is 13.0 Å². The number of nitrogens with zero attached hydrogens (tertiary/aromatic N) is 2. The van der Waals surface area contributed by atoms with Gasteiger partial charge >= 0.3 is 0 Å². The van der Waals surface area contributed by atoms with E-state index in [1.54, 1.807) is 11.3 Å². The summed E-state index contributed by atoms with van der Waals surface area (Å²) in [6.07, 6.45) is 3.04. The van der Waals surface area contributed by atoms with Crippen molar-refractivity contribution >= 4 is 28.6 Å². The molecule has 0 radical (unpaired) electrons. The zero-order valence-corrected chi connectivity index (χ0v) is 12.2. The van der Waals surface area contributed by atoms with Crippen molar-refractivity contribution in [2.75, 3.05) is 6.61 Å². The summed E-state index contributed by atoms with van der Waals surface area (Å²) in [4.78, 5) is 18.1. The number of fused-ring (bicyclic) bond motifs is 1. The van der Waals surface area contributed by atoms with E-state index < -0.39 is 0 Å². The van der Waals surface area contributed by atoms with Gasteiger partial charge in [-0.15, -0.1) is 22.7 Å². The average Bonchev–Trinajstić information content (AvgIpc) is 3.00. The first kappa shape index (κ1) is 12.8. The predicted octanol–water partition coefficient (Wildman–Crippen LogP) is 2.28. The van der Waals surface area contributed by atoms with E-state index in [0.29, 0.717) is 13.0 Å². The Kier molecular flexibility index (Phi) is 3.63. The van der Waals surface area contributed by atoms with E-state index in [2.05, 4.69) is 16.4 Å². The fourth-order valence-electron chi connectivity index (χ4n) is 2.12. The number of carbonyl (C=O) groups is 1. The molecule has 1 unspecified atom stereocenters. The number of carbonyl (C=O) groups excluding carboxylic acids is 1. The molecule has 3 rings (SSSR count). The third-order valence-corrected chi connectivity index (χ3v) is 5.00. The van der Waals surface area contributed by atoms with Crippen LogP contribution < -0.4 is 4.80 Å². The first-order chi connectivity index (χ1) is 9.24. The first-order valence-electron chi connectivity index (χ1n) is 6.09. The number of amides is 1. The number of ether oxygens (including phenoxy) is 1. The maximum Gasteiger partial charge on any atom is 0.251 e. The van der Waals surface area contributed by atoms with Crippen LogP contribution in [-0.4, -0.2) is 17.1 Å². The summed E-state index contributed by atoms with van der Waals surface area (Å²) in [6.45, 7) is 0.689. The third-order valence-electron chi connectivity index (χ3n) is 3.10. The Morgan fingerprint density at radius 1 is 1.53 bits per heavy atom. The van der Waals surface area contributed by atoms with Crippen LogP contribution in [0.3, 0.4) is 0 Å². The van der Waals surface area contributed by atoms with Crippen molar-refractivity contribution in [2.24, 2.45) is 12.0 Å². The second-order valence-corrected chi connectivity index (χ2v) is 6.25. The zero-order chi connectivity index (χ0) is 13.2. The Labute approximate surface area is 119 Å². The van der Waals surface area contributed by atoms with Gasteiger partial charge in [-0.1, -0.05) is 0 Å². The highest BCUT2D eigenvalue weighted by molar-refractivity contribution is 7.10. The number of hydrogen-bond acceptors (Lipinski definition) is 4. The van der Waals surface area contributed by atoms with E-state index in [9.17, 15) is 4.79 Å². The molecule has 6 heteroatoms. The molecule has 1 atom stereocenters. The van der Waals surface area contributed by atoms with Gasteiger partial charge in [-0.3, -0.25) is 4.79 Å². The molecule has 100 valence electrons. The van der Waals surface area contributed by atoms with Gasteiger partial charge in [0.1, 0.15) is 6.10 Å². The Morgan fingerprint density at radius 2 is 2.42 bits per heavy atom. The van der Waals surface area contributed by atoms with E-state index in [-0.39, 0.29) is 12.0 Å². The molecule has 2 aromatic heterocycles. The van der Waals surface area contributed by atoms with Crippen LogP contribution in [0.1, 0.15) is 23.0 Å². The van der Waals surface area contributed by atoms with E-state index in [0.717, 1.165) is 11.2 Å². The molecular weight excluding hydrogens is 280 g/mol. The summed E-state index contributed by atoms with van der Waals surface area (Å²) in [5.74, 6) is -0.121. The Balaban J connectivity index is 1.77. The summed E-state index contributed by atoms with van der Waals surface area (Å²) < 4.78 is 7.56. The summed E-state index contributed by atoms with van der Waals surface area (Å²) in [5.41, 5.74) is 1.32. The van der Waals surface area contributed by atoms with Gasteiger partial charge in [-0.25, -0.2) is 0 Å². The summed E-state index contributed by atoms with van der Waals surface area (Å²) in [5, 5.41) is 3.98. The molecule has 0 N–H and O–H groups in total. The SMILES string of the molecule is Cn1ccsc1=NC(=O)CC1OCCc2ccsc21. The lowest BCUT2D eigenvalue weighted by atomic mass is 10.1. The van der Waals surface area contributed by atoms with Crippen molar-refractivity contribution in [1.82, 2.24) is 4.57 Å². The van der Waals surface area contributed by atoms with Crippen molar-refractivity contribution in [3.8, 4) is 0 Å². The van der Waals surface area contributed by atoms with Crippen LogP contribution in [0.25, 0.3) is 0 Å². The Hall–Kier alpha value is -1.24. The zero-order valence-electron chi connectivity index (χ0n) is 10.5. The van der Waals surface area contributed by atoms with Crippen LogP contribution in [0, 0.1) is 0 Å². The summed E-state index contributed by atoms with van der Waals surface area (Å²) in [7, 11) is 1.89. The van der Waals surface area contributed by atoms with Crippen LogP contribution in [0.2, 0.25) is 0 Å². The van der Waals surface area contributed by atoms with Gasteiger partial charge in [0.15, 0.2) is 4.80 Å². The molecule has 2 aromatic rings. The number of thiophene rings is 1. The highest BCUT2D eigenvalue weighted by atomic mass is 32.1. The van der Waals surface area contributed by atoms with Crippen molar-refractivity contribution < 1.29 is 9.53 Å². The van der Waals surface area contributed by atoms with Gasteiger partial charge in [0.25, 0.3) is 5.91 Å². The second kappa shape index (κ2) is 5.40. The number of aryl methyl sites for hydroxylation is 1. The average molecular weight is 294 g/mol. The van der Waals surface area contributed by atoms with E-state index in [4.69, 9.17) is 4.74 Å². The fraction of sp³-hybridized carbons (Fsp3) is 0.385. The monoisotopic (exact) mass is 294 g/mol. The van der Waals surface area contributed by atoms with Gasteiger partial charge < -0.3 is 9.30 Å². The third kappa shape index (κ3) is 2.70. The van der Waals surface area contributed by atoms with Gasteiger partial charge in [-0.2, -0.15) is 4.99 Å². The number of rotatable bonds is 2. The molecule has 0 saturated carbocycles. The van der Waals surface area contributed by atoms with Gasteiger partial charge in [0.2, 0.25) is 0 Å². The van der Waals surface area contributed by atoms with E-state index >= 15 is 0 Å². The smallest absolute Gasteiger partial charge is 0.251 e. The second-order valence-electron chi connectivity index (χ2n) is 4.43. The lowest BCUT2D eigenvalue weighted by Gasteiger charge is -2.21. The standard InChI is InChI=1S/C13H14N2O2S2/c1-15-4-7-19-13(15)14-11(16)8-10-12-9(2-5-17-10)3-6-18-12/h3-4,6-7,10H,2,5,8H2,1H3. The molecule has 1 amide bonds. The van der Waals surface area contributed by atoms with E-state index in [1.165, 1.54) is 21.8 Å². The molecule has 4 nitrogen and oxygen atoms in total. The van der Waals surface area contributed by atoms with Crippen LogP contribution in [0.4, 0.5) is 0 Å². The minimum Gasteiger partial charge on any atom is -0.372 e. The van der Waals surface area contributed by atoms with Crippen LogP contribution in [-0.2, 0) is 23.0 Å². The van der Waals surface area contributed by atoms with Crippen molar-refractivity contribution in [2.45, 2.75) is 18.9 Å². The molecule has 0 fully saturated rings. The quantitative estimate of drug-likeness (QED) is 0.853. The molecule has 0 spiro atoms. The minimum absolute atomic E-state index is 0.120. The Bertz CT molecular complexity index is 653. The highest BCUT2D eigenvalue weighted by Gasteiger charge is 2.24. The molecule has 0 aromatic carbocycles. The predicted molar refractivity (Wildman–Crippen MR) is 75.2 cm³/mol. The molecule has 3 heterocycles. The number of thiazole rings is 1. The first-order valence-corrected chi connectivity index (χ1v) is 7.85. The van der Waals surface area contributed by atoms with Gasteiger partial charge in [-0.05, 0) is 23.4 Å². The van der Waals surface area contributed by atoms with Crippen LogP contribution >= 0.6 is 22.7 Å². The largest absolute Gasteiger partial charge is 0.372 e. The molecule has 0 bridgehead atoms. The van der Waals surface area contributed by atoms with Crippen molar-refractivity contribution in [1.29, 1.82) is 0 Å². The molecule has 0 aliphatic carbocycles. The topological polar surface area (TPSA) is 43.6 Å². The van der Waals surface area contributed by atoms with Crippen molar-refractivity contribution in [3.05, 3.63) is 38.3 Å². The molecule has 19 heavy (non-hydrogen) atoms. The number of aromatic nitrogens is 1. The number of hydrogen-bond donors (Lipinski definition) is 0. The van der Waals surface area contributed by atoms with Crippen LogP contribution in [0.15, 0.2) is 28.0 Å². The van der Waals surface area contributed by atoms with Gasteiger partial charge in [0, 0.05) is 23.5 Å². The van der Waals surface area contributed by atoms with E-state index in [1.807, 2.05) is 23.2 Å². The lowest BCUT2D eigenvalue weighted by molar-refractivity contribution is -0.121. The van der Waals surface area contributed by atoms with Crippen molar-refractivity contribution in [3.63, 3.8) is 0 Å². The van der Waals surface area contributed by atoms with Crippen LogP contribution in [0.5, 0.6) is 0 Å². The molecular formula is C13H14N2O2S2. The highest BCUT2D eigenvalue weighted by Crippen LogP contribution is 2.33. The lowest BCUT2D eigenvalue weighted by Crippen LogP contribution is -2.18. The maximum atomic E-state index is 12.0. The molecule has 1 aliphatic heterocycles.